The van der Waals surface area contributed by atoms with Crippen molar-refractivity contribution in [1.29, 1.82) is 0 Å². The van der Waals surface area contributed by atoms with Crippen molar-refractivity contribution in [2.45, 2.75) is 39.2 Å². The van der Waals surface area contributed by atoms with Crippen LogP contribution in [-0.4, -0.2) is 82.4 Å². The summed E-state index contributed by atoms with van der Waals surface area (Å²) in [6.07, 6.45) is 2.37. The Hall–Kier alpha value is -2.38. The minimum atomic E-state index is -0.238. The number of piperidine rings is 1. The van der Waals surface area contributed by atoms with Crippen LogP contribution in [0.3, 0.4) is 0 Å². The van der Waals surface area contributed by atoms with E-state index in [0.717, 1.165) is 30.5 Å². The Morgan fingerprint density at radius 2 is 2.00 bits per heavy atom. The van der Waals surface area contributed by atoms with Crippen LogP contribution in [0, 0.1) is 12.8 Å². The summed E-state index contributed by atoms with van der Waals surface area (Å²) in [5.41, 5.74) is 2.27. The van der Waals surface area contributed by atoms with Crippen molar-refractivity contribution in [3.8, 4) is 0 Å². The molecule has 2 atom stereocenters. The Kier molecular flexibility index (Phi) is 5.02. The summed E-state index contributed by atoms with van der Waals surface area (Å²) in [4.78, 5) is 42.8. The molecule has 4 rings (SSSR count). The first-order valence-corrected chi connectivity index (χ1v) is 9.17. The number of aryl methyl sites for hydroxylation is 1. The first-order valence-electron chi connectivity index (χ1n) is 9.17. The van der Waals surface area contributed by atoms with Gasteiger partial charge in [0.15, 0.2) is 5.69 Å². The van der Waals surface area contributed by atoms with Gasteiger partial charge in [-0.05, 0) is 26.2 Å². The highest BCUT2D eigenvalue weighted by molar-refractivity contribution is 5.95. The maximum atomic E-state index is 13.0. The lowest BCUT2D eigenvalue weighted by molar-refractivity contribution is -0.145. The molecule has 3 fully saturated rings. The second-order valence-corrected chi connectivity index (χ2v) is 7.42. The van der Waals surface area contributed by atoms with Gasteiger partial charge >= 0.3 is 0 Å². The van der Waals surface area contributed by atoms with Crippen LogP contribution < -0.4 is 0 Å². The van der Waals surface area contributed by atoms with Gasteiger partial charge in [0.05, 0.1) is 5.92 Å². The van der Waals surface area contributed by atoms with Crippen molar-refractivity contribution in [2.75, 3.05) is 33.7 Å². The third-order valence-corrected chi connectivity index (χ3v) is 5.55. The molecule has 8 nitrogen and oxygen atoms in total. The van der Waals surface area contributed by atoms with E-state index in [1.807, 2.05) is 13.8 Å². The normalized spacial score (nSPS) is 22.5. The van der Waals surface area contributed by atoms with Crippen LogP contribution in [0.25, 0.3) is 0 Å². The maximum absolute atomic E-state index is 13.0. The van der Waals surface area contributed by atoms with E-state index in [1.54, 1.807) is 23.9 Å². The van der Waals surface area contributed by atoms with Gasteiger partial charge in [-0.15, -0.1) is 0 Å². The molecule has 1 aromatic rings. The van der Waals surface area contributed by atoms with E-state index in [4.69, 9.17) is 0 Å². The van der Waals surface area contributed by atoms with Crippen LogP contribution in [0.1, 0.15) is 41.5 Å². The van der Waals surface area contributed by atoms with E-state index < -0.39 is 0 Å². The molecular formula is C18H27N5O3. The molecule has 4 heterocycles. The van der Waals surface area contributed by atoms with Crippen LogP contribution in [0.4, 0.5) is 0 Å². The highest BCUT2D eigenvalue weighted by Gasteiger charge is 2.43. The summed E-state index contributed by atoms with van der Waals surface area (Å²) in [6, 6.07) is -0.112. The topological polar surface area (TPSA) is 89.6 Å². The van der Waals surface area contributed by atoms with Crippen molar-refractivity contribution in [1.82, 2.24) is 24.9 Å². The number of carbonyl (C=O) groups excluding carboxylic acids is 3. The Balaban J connectivity index is 1.80. The summed E-state index contributed by atoms with van der Waals surface area (Å²) in [5, 5.41) is 7.13. The zero-order valence-corrected chi connectivity index (χ0v) is 15.9. The smallest absolute Gasteiger partial charge is 0.274 e. The standard InChI is InChI=1S/C18H27N5O3/c1-5-14-11(2)16(20-19-14)18(26)22-8-12-6-7-13(9-22)23(17(12)25)10-15(24)21(3)4/h12-13H,5-10H2,1-4H3,(H,19,20)/t12-,13+/m1/s1. The lowest BCUT2D eigenvalue weighted by atomic mass is 9.94. The van der Waals surface area contributed by atoms with Crippen LogP contribution in [0.5, 0.6) is 0 Å². The molecule has 1 aromatic heterocycles. The maximum Gasteiger partial charge on any atom is 0.274 e. The number of likely N-dealkylation sites (N-methyl/N-ethyl adjacent to an activating group) is 1. The van der Waals surface area contributed by atoms with Gasteiger partial charge in [0.1, 0.15) is 6.54 Å². The van der Waals surface area contributed by atoms with Crippen LogP contribution in [-0.2, 0) is 16.0 Å². The quantitative estimate of drug-likeness (QED) is 0.842. The number of rotatable bonds is 4. The fourth-order valence-corrected chi connectivity index (χ4v) is 3.84. The van der Waals surface area contributed by atoms with E-state index in [2.05, 4.69) is 10.2 Å². The molecule has 8 heteroatoms. The molecule has 3 saturated heterocycles. The molecule has 2 bridgehead atoms. The summed E-state index contributed by atoms with van der Waals surface area (Å²) < 4.78 is 0. The van der Waals surface area contributed by atoms with Gasteiger partial charge in [0, 0.05) is 44.5 Å². The van der Waals surface area contributed by atoms with Crippen molar-refractivity contribution in [3.05, 3.63) is 17.0 Å². The number of carbonyl (C=O) groups is 3. The minimum Gasteiger partial charge on any atom is -0.347 e. The number of hydrogen-bond donors (Lipinski definition) is 1. The second-order valence-electron chi connectivity index (χ2n) is 7.42. The third-order valence-electron chi connectivity index (χ3n) is 5.55. The monoisotopic (exact) mass is 361 g/mol. The number of aromatic amines is 1. The predicted octanol–water partition coefficient (Wildman–Crippen LogP) is 0.432. The fraction of sp³-hybridized carbons (Fsp3) is 0.667. The molecule has 1 N–H and O–H groups in total. The second kappa shape index (κ2) is 7.09. The molecular weight excluding hydrogens is 334 g/mol. The number of nitrogens with zero attached hydrogens (tertiary/aromatic N) is 4. The first kappa shape index (κ1) is 18.4. The minimum absolute atomic E-state index is 0.0141. The Labute approximate surface area is 153 Å². The summed E-state index contributed by atoms with van der Waals surface area (Å²) in [7, 11) is 3.37. The number of H-pyrrole nitrogens is 1. The Morgan fingerprint density at radius 3 is 2.62 bits per heavy atom. The lowest BCUT2D eigenvalue weighted by Crippen LogP contribution is -2.51. The van der Waals surface area contributed by atoms with Gasteiger partial charge < -0.3 is 14.7 Å². The third kappa shape index (κ3) is 3.20. The zero-order valence-electron chi connectivity index (χ0n) is 15.9. The molecule has 0 aliphatic carbocycles. The predicted molar refractivity (Wildman–Crippen MR) is 95.5 cm³/mol. The van der Waals surface area contributed by atoms with Gasteiger partial charge in [0.2, 0.25) is 11.8 Å². The average molecular weight is 361 g/mol. The summed E-state index contributed by atoms with van der Waals surface area (Å²) >= 11 is 0. The van der Waals surface area contributed by atoms with E-state index in [0.29, 0.717) is 18.8 Å². The fourth-order valence-electron chi connectivity index (χ4n) is 3.84. The Morgan fingerprint density at radius 1 is 1.27 bits per heavy atom. The molecule has 0 spiro atoms. The van der Waals surface area contributed by atoms with Crippen molar-refractivity contribution >= 4 is 17.7 Å². The molecule has 26 heavy (non-hydrogen) atoms. The SMILES string of the molecule is CCc1[nH]nc(C(=O)N2C[C@H]3CC[C@@H](C2)N(CC(=O)N(C)C)C3=O)c1C. The lowest BCUT2D eigenvalue weighted by Gasteiger charge is -2.35. The first-order chi connectivity index (χ1) is 12.3. The average Bonchev–Trinajstić information content (AvgIpc) is 2.79. The van der Waals surface area contributed by atoms with Crippen molar-refractivity contribution in [2.24, 2.45) is 5.92 Å². The van der Waals surface area contributed by atoms with E-state index >= 15 is 0 Å². The van der Waals surface area contributed by atoms with Gasteiger partial charge in [0.25, 0.3) is 5.91 Å². The summed E-state index contributed by atoms with van der Waals surface area (Å²) in [6.45, 7) is 4.84. The van der Waals surface area contributed by atoms with Gasteiger partial charge in [-0.3, -0.25) is 19.5 Å². The van der Waals surface area contributed by atoms with E-state index in [9.17, 15) is 14.4 Å². The highest BCUT2D eigenvalue weighted by atomic mass is 16.2. The molecule has 0 aromatic carbocycles. The van der Waals surface area contributed by atoms with Crippen molar-refractivity contribution < 1.29 is 14.4 Å². The molecule has 3 aliphatic heterocycles. The van der Waals surface area contributed by atoms with Crippen LogP contribution in [0.15, 0.2) is 0 Å². The molecule has 142 valence electrons. The molecule has 0 unspecified atom stereocenters. The van der Waals surface area contributed by atoms with Gasteiger partial charge in [-0.2, -0.15) is 5.10 Å². The van der Waals surface area contributed by atoms with Gasteiger partial charge in [-0.25, -0.2) is 0 Å². The number of fused-ring (bicyclic) bond motifs is 4. The number of amides is 3. The van der Waals surface area contributed by atoms with E-state index in [-0.39, 0.29) is 36.2 Å². The molecule has 3 aliphatic rings. The largest absolute Gasteiger partial charge is 0.347 e. The van der Waals surface area contributed by atoms with Gasteiger partial charge in [-0.1, -0.05) is 6.92 Å². The molecule has 0 saturated carbocycles. The number of nitrogens with one attached hydrogen (secondary N) is 1. The molecule has 0 radical (unpaired) electrons. The molecule has 3 amide bonds. The van der Waals surface area contributed by atoms with Crippen LogP contribution in [0.2, 0.25) is 0 Å². The van der Waals surface area contributed by atoms with E-state index in [1.165, 1.54) is 4.90 Å². The Bertz CT molecular complexity index is 726. The number of aromatic nitrogens is 2. The zero-order chi connectivity index (χ0) is 19.0. The van der Waals surface area contributed by atoms with Crippen molar-refractivity contribution in [3.63, 3.8) is 0 Å². The van der Waals surface area contributed by atoms with Crippen LogP contribution >= 0.6 is 0 Å². The highest BCUT2D eigenvalue weighted by Crippen LogP contribution is 2.30. The number of hydrogen-bond acceptors (Lipinski definition) is 4. The summed E-state index contributed by atoms with van der Waals surface area (Å²) in [5.74, 6) is -0.485.